The SMILES string of the molecule is COC(=O)N[C@H](C(=O)Nc1cccc(Oc2ncccn2)c1)C(C)C. The zero-order chi connectivity index (χ0) is 18.2. The molecule has 0 bridgehead atoms. The number of carbonyl (C=O) groups is 2. The monoisotopic (exact) mass is 344 g/mol. The number of hydrogen-bond donors (Lipinski definition) is 2. The van der Waals surface area contributed by atoms with Gasteiger partial charge in [0.2, 0.25) is 5.91 Å². The molecular weight excluding hydrogens is 324 g/mol. The molecule has 0 aliphatic carbocycles. The van der Waals surface area contributed by atoms with E-state index in [0.29, 0.717) is 11.4 Å². The van der Waals surface area contributed by atoms with Crippen molar-refractivity contribution in [2.45, 2.75) is 19.9 Å². The van der Waals surface area contributed by atoms with E-state index in [1.807, 2.05) is 13.8 Å². The molecule has 1 atom stereocenters. The minimum absolute atomic E-state index is 0.115. The molecule has 0 radical (unpaired) electrons. The first-order chi connectivity index (χ1) is 12.0. The van der Waals surface area contributed by atoms with E-state index in [9.17, 15) is 9.59 Å². The van der Waals surface area contributed by atoms with Crippen LogP contribution < -0.4 is 15.4 Å². The number of benzene rings is 1. The van der Waals surface area contributed by atoms with Crippen molar-refractivity contribution >= 4 is 17.7 Å². The van der Waals surface area contributed by atoms with Crippen molar-refractivity contribution in [2.24, 2.45) is 5.92 Å². The van der Waals surface area contributed by atoms with E-state index in [2.05, 4.69) is 25.3 Å². The van der Waals surface area contributed by atoms with E-state index >= 15 is 0 Å². The first-order valence-electron chi connectivity index (χ1n) is 7.70. The van der Waals surface area contributed by atoms with Crippen molar-refractivity contribution in [1.29, 1.82) is 0 Å². The summed E-state index contributed by atoms with van der Waals surface area (Å²) in [6, 6.07) is 7.97. The zero-order valence-corrected chi connectivity index (χ0v) is 14.2. The second-order valence-electron chi connectivity index (χ2n) is 5.51. The van der Waals surface area contributed by atoms with Gasteiger partial charge in [-0.1, -0.05) is 19.9 Å². The molecule has 0 spiro atoms. The maximum absolute atomic E-state index is 12.4. The predicted octanol–water partition coefficient (Wildman–Crippen LogP) is 2.59. The van der Waals surface area contributed by atoms with Crippen LogP contribution in [0.1, 0.15) is 13.8 Å². The number of carbonyl (C=O) groups excluding carboxylic acids is 2. The van der Waals surface area contributed by atoms with Gasteiger partial charge in [-0.15, -0.1) is 0 Å². The number of ether oxygens (including phenoxy) is 2. The van der Waals surface area contributed by atoms with Gasteiger partial charge in [-0.25, -0.2) is 14.8 Å². The van der Waals surface area contributed by atoms with Gasteiger partial charge in [-0.05, 0) is 24.1 Å². The highest BCUT2D eigenvalue weighted by Crippen LogP contribution is 2.21. The van der Waals surface area contributed by atoms with E-state index in [1.165, 1.54) is 7.11 Å². The van der Waals surface area contributed by atoms with Crippen molar-refractivity contribution in [3.63, 3.8) is 0 Å². The van der Waals surface area contributed by atoms with E-state index in [-0.39, 0.29) is 17.8 Å². The maximum atomic E-state index is 12.4. The smallest absolute Gasteiger partial charge is 0.407 e. The Morgan fingerprint density at radius 2 is 1.84 bits per heavy atom. The summed E-state index contributed by atoms with van der Waals surface area (Å²) >= 11 is 0. The number of alkyl carbamates (subject to hydrolysis) is 1. The van der Waals surface area contributed by atoms with Crippen molar-refractivity contribution < 1.29 is 19.1 Å². The van der Waals surface area contributed by atoms with Gasteiger partial charge in [-0.2, -0.15) is 0 Å². The van der Waals surface area contributed by atoms with Crippen molar-refractivity contribution in [1.82, 2.24) is 15.3 Å². The summed E-state index contributed by atoms with van der Waals surface area (Å²) in [5.41, 5.74) is 0.524. The Morgan fingerprint density at radius 1 is 1.12 bits per heavy atom. The van der Waals surface area contributed by atoms with E-state index < -0.39 is 12.1 Å². The third-order valence-electron chi connectivity index (χ3n) is 3.26. The van der Waals surface area contributed by atoms with Crippen LogP contribution in [0.2, 0.25) is 0 Å². The molecule has 1 aromatic heterocycles. The molecular formula is C17H20N4O4. The van der Waals surface area contributed by atoms with Crippen LogP contribution in [0.3, 0.4) is 0 Å². The average molecular weight is 344 g/mol. The Bertz CT molecular complexity index is 722. The van der Waals surface area contributed by atoms with Crippen molar-refractivity contribution in [3.8, 4) is 11.8 Å². The molecule has 0 saturated carbocycles. The Hall–Kier alpha value is -3.16. The number of rotatable bonds is 6. The second-order valence-corrected chi connectivity index (χ2v) is 5.51. The molecule has 8 nitrogen and oxygen atoms in total. The van der Waals surface area contributed by atoms with Crippen LogP contribution in [0.4, 0.5) is 10.5 Å². The molecule has 1 heterocycles. The average Bonchev–Trinajstić information content (AvgIpc) is 2.60. The zero-order valence-electron chi connectivity index (χ0n) is 14.2. The minimum Gasteiger partial charge on any atom is -0.453 e. The van der Waals surface area contributed by atoms with Gasteiger partial charge in [-0.3, -0.25) is 4.79 Å². The molecule has 132 valence electrons. The predicted molar refractivity (Wildman–Crippen MR) is 91.3 cm³/mol. The fourth-order valence-corrected chi connectivity index (χ4v) is 2.02. The van der Waals surface area contributed by atoms with E-state index in [1.54, 1.807) is 42.7 Å². The van der Waals surface area contributed by atoms with Gasteiger partial charge in [0.15, 0.2) is 0 Å². The molecule has 0 unspecified atom stereocenters. The van der Waals surface area contributed by atoms with Gasteiger partial charge in [0.25, 0.3) is 0 Å². The van der Waals surface area contributed by atoms with Gasteiger partial charge < -0.3 is 20.1 Å². The summed E-state index contributed by atoms with van der Waals surface area (Å²) in [5.74, 6) is 0.00999. The molecule has 0 aliphatic rings. The Labute approximate surface area is 145 Å². The quantitative estimate of drug-likeness (QED) is 0.835. The molecule has 2 aromatic rings. The van der Waals surface area contributed by atoms with Gasteiger partial charge >= 0.3 is 12.1 Å². The number of aromatic nitrogens is 2. The van der Waals surface area contributed by atoms with E-state index in [4.69, 9.17) is 4.74 Å². The summed E-state index contributed by atoms with van der Waals surface area (Å²) in [5, 5.41) is 5.27. The van der Waals surface area contributed by atoms with E-state index in [0.717, 1.165) is 0 Å². The molecule has 2 amide bonds. The lowest BCUT2D eigenvalue weighted by atomic mass is 10.0. The summed E-state index contributed by atoms with van der Waals surface area (Å²) in [6.45, 7) is 3.65. The van der Waals surface area contributed by atoms with Crippen LogP contribution in [0.15, 0.2) is 42.7 Å². The van der Waals surface area contributed by atoms with Crippen molar-refractivity contribution in [2.75, 3.05) is 12.4 Å². The number of hydrogen-bond acceptors (Lipinski definition) is 6. The fraction of sp³-hybridized carbons (Fsp3) is 0.294. The van der Waals surface area contributed by atoms with Crippen LogP contribution in [0.25, 0.3) is 0 Å². The van der Waals surface area contributed by atoms with Crippen LogP contribution in [-0.2, 0) is 9.53 Å². The topological polar surface area (TPSA) is 102 Å². The molecule has 8 heteroatoms. The third kappa shape index (κ3) is 5.45. The largest absolute Gasteiger partial charge is 0.453 e. The molecule has 2 rings (SSSR count). The molecule has 0 saturated heterocycles. The molecule has 0 fully saturated rings. The second kappa shape index (κ2) is 8.62. The summed E-state index contributed by atoms with van der Waals surface area (Å²) in [7, 11) is 1.25. The molecule has 0 aliphatic heterocycles. The lowest BCUT2D eigenvalue weighted by Gasteiger charge is -2.21. The summed E-state index contributed by atoms with van der Waals surface area (Å²) in [6.07, 6.45) is 2.48. The van der Waals surface area contributed by atoms with Gasteiger partial charge in [0.1, 0.15) is 11.8 Å². The fourth-order valence-electron chi connectivity index (χ4n) is 2.02. The Morgan fingerprint density at radius 3 is 2.48 bits per heavy atom. The third-order valence-corrected chi connectivity index (χ3v) is 3.26. The van der Waals surface area contributed by atoms with Crippen molar-refractivity contribution in [3.05, 3.63) is 42.7 Å². The van der Waals surface area contributed by atoms with Crippen LogP contribution >= 0.6 is 0 Å². The highest BCUT2D eigenvalue weighted by Gasteiger charge is 2.24. The highest BCUT2D eigenvalue weighted by atomic mass is 16.5. The number of methoxy groups -OCH3 is 1. The summed E-state index contributed by atoms with van der Waals surface area (Å²) in [4.78, 5) is 31.8. The van der Waals surface area contributed by atoms with Crippen LogP contribution in [-0.4, -0.2) is 35.1 Å². The lowest BCUT2D eigenvalue weighted by molar-refractivity contribution is -0.119. The number of nitrogens with zero attached hydrogens (tertiary/aromatic N) is 2. The normalized spacial score (nSPS) is 11.5. The standard InChI is InChI=1S/C17H20N4O4/c1-11(2)14(21-17(23)24-3)15(22)20-12-6-4-7-13(10-12)25-16-18-8-5-9-19-16/h4-11,14H,1-3H3,(H,20,22)(H,21,23)/t14-/m0/s1. The Kier molecular flexibility index (Phi) is 6.27. The first kappa shape index (κ1) is 18.2. The molecule has 2 N–H and O–H groups in total. The number of amides is 2. The van der Waals surface area contributed by atoms with Crippen LogP contribution in [0.5, 0.6) is 11.8 Å². The molecule has 25 heavy (non-hydrogen) atoms. The number of nitrogens with one attached hydrogen (secondary N) is 2. The molecule has 1 aromatic carbocycles. The first-order valence-corrected chi connectivity index (χ1v) is 7.70. The lowest BCUT2D eigenvalue weighted by Crippen LogP contribution is -2.47. The Balaban J connectivity index is 2.07. The van der Waals surface area contributed by atoms with Crippen LogP contribution in [0, 0.1) is 5.92 Å². The summed E-state index contributed by atoms with van der Waals surface area (Å²) < 4.78 is 10.1. The van der Waals surface area contributed by atoms with Gasteiger partial charge in [0, 0.05) is 24.1 Å². The minimum atomic E-state index is -0.727. The number of anilines is 1. The van der Waals surface area contributed by atoms with Gasteiger partial charge in [0.05, 0.1) is 7.11 Å². The highest BCUT2D eigenvalue weighted by molar-refractivity contribution is 5.96. The maximum Gasteiger partial charge on any atom is 0.407 e.